The van der Waals surface area contributed by atoms with Gasteiger partial charge in [0.2, 0.25) is 0 Å². The molecular formula is C10H12BrCl. The number of hydrogen-bond acceptors (Lipinski definition) is 0. The zero-order chi connectivity index (χ0) is 9.14. The van der Waals surface area contributed by atoms with E-state index in [1.165, 1.54) is 15.6 Å². The van der Waals surface area contributed by atoms with Crippen LogP contribution in [0, 0.1) is 0 Å². The molecular weight excluding hydrogens is 235 g/mol. The fourth-order valence-corrected chi connectivity index (χ4v) is 1.99. The summed E-state index contributed by atoms with van der Waals surface area (Å²) in [5, 5.41) is 0. The quantitative estimate of drug-likeness (QED) is 0.683. The summed E-state index contributed by atoms with van der Waals surface area (Å²) in [4.78, 5) is 0. The van der Waals surface area contributed by atoms with Crippen LogP contribution in [0.3, 0.4) is 0 Å². The van der Waals surface area contributed by atoms with Crippen LogP contribution in [0.2, 0.25) is 0 Å². The van der Waals surface area contributed by atoms with E-state index in [1.54, 1.807) is 0 Å². The van der Waals surface area contributed by atoms with Gasteiger partial charge in [0.25, 0.3) is 0 Å². The van der Waals surface area contributed by atoms with E-state index in [2.05, 4.69) is 41.9 Å². The maximum Gasteiger partial charge on any atom is 0.0474 e. The molecule has 0 heterocycles. The molecule has 0 saturated heterocycles. The number of halogens is 2. The van der Waals surface area contributed by atoms with E-state index < -0.39 is 0 Å². The molecule has 1 rings (SSSR count). The minimum atomic E-state index is 0.544. The van der Waals surface area contributed by atoms with Crippen LogP contribution in [-0.2, 0) is 5.88 Å². The molecule has 0 nitrogen and oxygen atoms in total. The topological polar surface area (TPSA) is 0 Å². The minimum absolute atomic E-state index is 0.544. The van der Waals surface area contributed by atoms with Gasteiger partial charge in [-0.3, -0.25) is 0 Å². The van der Waals surface area contributed by atoms with Gasteiger partial charge in [0.1, 0.15) is 0 Å². The molecule has 0 amide bonds. The first-order valence-electron chi connectivity index (χ1n) is 3.99. The molecule has 0 saturated carbocycles. The first-order valence-corrected chi connectivity index (χ1v) is 5.32. The van der Waals surface area contributed by atoms with Gasteiger partial charge >= 0.3 is 0 Å². The second kappa shape index (κ2) is 4.29. The van der Waals surface area contributed by atoms with Gasteiger partial charge < -0.3 is 0 Å². The Morgan fingerprint density at radius 2 is 2.08 bits per heavy atom. The maximum absolute atomic E-state index is 5.74. The van der Waals surface area contributed by atoms with Crippen molar-refractivity contribution < 1.29 is 0 Å². The summed E-state index contributed by atoms with van der Waals surface area (Å²) < 4.78 is 1.17. The molecule has 0 aromatic heterocycles. The van der Waals surface area contributed by atoms with Crippen molar-refractivity contribution in [1.82, 2.24) is 0 Å². The van der Waals surface area contributed by atoms with Crippen LogP contribution >= 0.6 is 27.5 Å². The maximum atomic E-state index is 5.74. The molecule has 0 aliphatic carbocycles. The lowest BCUT2D eigenvalue weighted by Crippen LogP contribution is -1.90. The second-order valence-electron chi connectivity index (χ2n) is 3.14. The van der Waals surface area contributed by atoms with Crippen LogP contribution in [0.5, 0.6) is 0 Å². The SMILES string of the molecule is CC(C)c1cc(CCl)ccc1Br. The van der Waals surface area contributed by atoms with Gasteiger partial charge in [-0.05, 0) is 23.1 Å². The Bertz CT molecular complexity index is 269. The molecule has 0 atom stereocenters. The van der Waals surface area contributed by atoms with E-state index >= 15 is 0 Å². The summed E-state index contributed by atoms with van der Waals surface area (Å²) in [7, 11) is 0. The molecule has 0 aliphatic heterocycles. The fraction of sp³-hybridized carbons (Fsp3) is 0.400. The molecule has 0 radical (unpaired) electrons. The lowest BCUT2D eigenvalue weighted by molar-refractivity contribution is 0.858. The van der Waals surface area contributed by atoms with Crippen molar-refractivity contribution in [3.63, 3.8) is 0 Å². The predicted octanol–water partition coefficient (Wildman–Crippen LogP) is 4.31. The zero-order valence-electron chi connectivity index (χ0n) is 7.27. The summed E-state index contributed by atoms with van der Waals surface area (Å²) >= 11 is 9.26. The largest absolute Gasteiger partial charge is 0.122 e. The van der Waals surface area contributed by atoms with Crippen LogP contribution in [0.15, 0.2) is 22.7 Å². The molecule has 0 N–H and O–H groups in total. The molecule has 0 fully saturated rings. The van der Waals surface area contributed by atoms with Crippen molar-refractivity contribution >= 4 is 27.5 Å². The van der Waals surface area contributed by atoms with Crippen molar-refractivity contribution in [3.8, 4) is 0 Å². The van der Waals surface area contributed by atoms with Gasteiger partial charge in [-0.1, -0.05) is 41.9 Å². The van der Waals surface area contributed by atoms with Crippen LogP contribution in [0.4, 0.5) is 0 Å². The monoisotopic (exact) mass is 246 g/mol. The number of benzene rings is 1. The molecule has 1 aromatic carbocycles. The van der Waals surface area contributed by atoms with E-state index in [-0.39, 0.29) is 0 Å². The Kier molecular flexibility index (Phi) is 3.60. The Morgan fingerprint density at radius 3 is 2.58 bits per heavy atom. The van der Waals surface area contributed by atoms with Gasteiger partial charge in [-0.15, -0.1) is 11.6 Å². The Morgan fingerprint density at radius 1 is 1.42 bits per heavy atom. The molecule has 1 aromatic rings. The van der Waals surface area contributed by atoms with Gasteiger partial charge in [0.05, 0.1) is 0 Å². The lowest BCUT2D eigenvalue weighted by Gasteiger charge is -2.09. The van der Waals surface area contributed by atoms with Crippen molar-refractivity contribution in [3.05, 3.63) is 33.8 Å². The molecule has 0 aliphatic rings. The average Bonchev–Trinajstić information content (AvgIpc) is 2.05. The number of hydrogen-bond donors (Lipinski definition) is 0. The van der Waals surface area contributed by atoms with Gasteiger partial charge in [0, 0.05) is 10.4 Å². The van der Waals surface area contributed by atoms with Crippen molar-refractivity contribution in [2.45, 2.75) is 25.6 Å². The highest BCUT2D eigenvalue weighted by atomic mass is 79.9. The summed E-state index contributed by atoms with van der Waals surface area (Å²) in [6.07, 6.45) is 0. The Hall–Kier alpha value is -0.0100. The molecule has 0 unspecified atom stereocenters. The molecule has 66 valence electrons. The first kappa shape index (κ1) is 10.1. The van der Waals surface area contributed by atoms with Crippen molar-refractivity contribution in [2.75, 3.05) is 0 Å². The third kappa shape index (κ3) is 2.24. The predicted molar refractivity (Wildman–Crippen MR) is 57.8 cm³/mol. The lowest BCUT2D eigenvalue weighted by atomic mass is 10.0. The second-order valence-corrected chi connectivity index (χ2v) is 4.27. The normalized spacial score (nSPS) is 10.8. The van der Waals surface area contributed by atoms with E-state index in [4.69, 9.17) is 11.6 Å². The van der Waals surface area contributed by atoms with Crippen LogP contribution < -0.4 is 0 Å². The van der Waals surface area contributed by atoms with E-state index in [0.717, 1.165) is 0 Å². The third-order valence-corrected chi connectivity index (χ3v) is 2.87. The van der Waals surface area contributed by atoms with Crippen LogP contribution in [-0.4, -0.2) is 0 Å². The van der Waals surface area contributed by atoms with Gasteiger partial charge in [-0.25, -0.2) is 0 Å². The zero-order valence-corrected chi connectivity index (χ0v) is 9.61. The highest BCUT2D eigenvalue weighted by molar-refractivity contribution is 9.10. The van der Waals surface area contributed by atoms with E-state index in [0.29, 0.717) is 11.8 Å². The standard InChI is InChI=1S/C10H12BrCl/c1-7(2)9-5-8(6-12)3-4-10(9)11/h3-5,7H,6H2,1-2H3. The van der Waals surface area contributed by atoms with E-state index in [9.17, 15) is 0 Å². The molecule has 0 bridgehead atoms. The average molecular weight is 248 g/mol. The van der Waals surface area contributed by atoms with Gasteiger partial charge in [-0.2, -0.15) is 0 Å². The summed E-state index contributed by atoms with van der Waals surface area (Å²) in [5.41, 5.74) is 2.51. The summed E-state index contributed by atoms with van der Waals surface area (Å²) in [5.74, 6) is 1.13. The van der Waals surface area contributed by atoms with Gasteiger partial charge in [0.15, 0.2) is 0 Å². The van der Waals surface area contributed by atoms with Crippen LogP contribution in [0.25, 0.3) is 0 Å². The molecule has 12 heavy (non-hydrogen) atoms. The fourth-order valence-electron chi connectivity index (χ4n) is 1.12. The minimum Gasteiger partial charge on any atom is -0.122 e. The van der Waals surface area contributed by atoms with Crippen molar-refractivity contribution in [1.29, 1.82) is 0 Å². The van der Waals surface area contributed by atoms with E-state index in [1.807, 2.05) is 6.07 Å². The highest BCUT2D eigenvalue weighted by Gasteiger charge is 2.04. The summed E-state index contributed by atoms with van der Waals surface area (Å²) in [6, 6.07) is 6.26. The van der Waals surface area contributed by atoms with Crippen LogP contribution in [0.1, 0.15) is 30.9 Å². The highest BCUT2D eigenvalue weighted by Crippen LogP contribution is 2.25. The Balaban J connectivity index is 3.08. The number of alkyl halides is 1. The van der Waals surface area contributed by atoms with Crippen molar-refractivity contribution in [2.24, 2.45) is 0 Å². The smallest absolute Gasteiger partial charge is 0.0474 e. The Labute approximate surface area is 87.1 Å². The third-order valence-electron chi connectivity index (χ3n) is 1.84. The summed E-state index contributed by atoms with van der Waals surface area (Å²) in [6.45, 7) is 4.36. The first-order chi connectivity index (χ1) is 5.65. The molecule has 0 spiro atoms. The number of rotatable bonds is 2. The molecule has 2 heteroatoms.